The van der Waals surface area contributed by atoms with Crippen LogP contribution in [0, 0.1) is 0 Å². The lowest BCUT2D eigenvalue weighted by molar-refractivity contribution is 0.245. The first-order chi connectivity index (χ1) is 8.39. The quantitative estimate of drug-likeness (QED) is 0.925. The highest BCUT2D eigenvalue weighted by Gasteiger charge is 2.15. The van der Waals surface area contributed by atoms with E-state index in [9.17, 15) is 8.42 Å². The Labute approximate surface area is 106 Å². The van der Waals surface area contributed by atoms with Crippen LogP contribution in [-0.4, -0.2) is 14.5 Å². The van der Waals surface area contributed by atoms with E-state index >= 15 is 0 Å². The lowest BCUT2D eigenvalue weighted by Gasteiger charge is -2.13. The van der Waals surface area contributed by atoms with Crippen molar-refractivity contribution in [3.8, 4) is 5.75 Å². The molecule has 0 radical (unpaired) electrons. The van der Waals surface area contributed by atoms with Gasteiger partial charge in [-0.05, 0) is 26.0 Å². The van der Waals surface area contributed by atoms with Crippen molar-refractivity contribution in [3.63, 3.8) is 0 Å². The molecule has 0 unspecified atom stereocenters. The van der Waals surface area contributed by atoms with Gasteiger partial charge in [-0.15, -0.1) is 0 Å². The molecule has 0 bridgehead atoms. The summed E-state index contributed by atoms with van der Waals surface area (Å²) in [6.07, 6.45) is 0.0220. The Bertz CT molecular complexity index is 678. The second-order valence-corrected chi connectivity index (χ2v) is 5.85. The van der Waals surface area contributed by atoms with E-state index in [4.69, 9.17) is 9.88 Å². The summed E-state index contributed by atoms with van der Waals surface area (Å²) in [6, 6.07) is 10.3. The summed E-state index contributed by atoms with van der Waals surface area (Å²) in [6.45, 7) is 3.84. The van der Waals surface area contributed by atoms with E-state index in [0.29, 0.717) is 11.1 Å². The van der Waals surface area contributed by atoms with Gasteiger partial charge in [0.25, 0.3) is 0 Å². The summed E-state index contributed by atoms with van der Waals surface area (Å²) in [7, 11) is -3.73. The first-order valence-electron chi connectivity index (χ1n) is 5.61. The van der Waals surface area contributed by atoms with Crippen LogP contribution in [0.3, 0.4) is 0 Å². The standard InChI is InChI=1S/C13H15NO3S/c1-9(2)17-12-7-8-13(18(14,15)16)11-6-4-3-5-10(11)12/h3-9H,1-2H3,(H2,14,15,16). The van der Waals surface area contributed by atoms with Gasteiger partial charge in [-0.2, -0.15) is 0 Å². The number of rotatable bonds is 3. The normalized spacial score (nSPS) is 12.0. The zero-order chi connectivity index (χ0) is 13.3. The van der Waals surface area contributed by atoms with E-state index in [1.165, 1.54) is 6.07 Å². The molecular weight excluding hydrogens is 250 g/mol. The van der Waals surface area contributed by atoms with Crippen molar-refractivity contribution in [1.29, 1.82) is 0 Å². The van der Waals surface area contributed by atoms with Crippen molar-refractivity contribution in [2.45, 2.75) is 24.8 Å². The lowest BCUT2D eigenvalue weighted by atomic mass is 10.1. The van der Waals surface area contributed by atoms with Crippen LogP contribution in [0.4, 0.5) is 0 Å². The fourth-order valence-corrected chi connectivity index (χ4v) is 2.59. The van der Waals surface area contributed by atoms with Crippen molar-refractivity contribution in [3.05, 3.63) is 36.4 Å². The minimum atomic E-state index is -3.73. The number of fused-ring (bicyclic) bond motifs is 1. The molecule has 18 heavy (non-hydrogen) atoms. The molecule has 5 heteroatoms. The molecule has 2 N–H and O–H groups in total. The number of hydrogen-bond acceptors (Lipinski definition) is 3. The molecular formula is C13H15NO3S. The number of primary sulfonamides is 1. The summed E-state index contributed by atoms with van der Waals surface area (Å²) in [5, 5.41) is 6.54. The maximum atomic E-state index is 11.5. The number of ether oxygens (including phenoxy) is 1. The summed E-state index contributed by atoms with van der Waals surface area (Å²) in [4.78, 5) is 0.120. The number of hydrogen-bond donors (Lipinski definition) is 1. The zero-order valence-corrected chi connectivity index (χ0v) is 11.1. The van der Waals surface area contributed by atoms with Gasteiger partial charge < -0.3 is 4.74 Å². The van der Waals surface area contributed by atoms with Gasteiger partial charge in [0.05, 0.1) is 11.0 Å². The number of sulfonamides is 1. The SMILES string of the molecule is CC(C)Oc1ccc(S(N)(=O)=O)c2ccccc12. The molecule has 0 heterocycles. The van der Waals surface area contributed by atoms with Crippen LogP contribution >= 0.6 is 0 Å². The Hall–Kier alpha value is -1.59. The maximum Gasteiger partial charge on any atom is 0.238 e. The molecule has 0 aromatic heterocycles. The fourth-order valence-electron chi connectivity index (χ4n) is 1.85. The van der Waals surface area contributed by atoms with Gasteiger partial charge in [0.15, 0.2) is 0 Å². The predicted molar refractivity (Wildman–Crippen MR) is 71.1 cm³/mol. The van der Waals surface area contributed by atoms with Crippen LogP contribution in [0.2, 0.25) is 0 Å². The van der Waals surface area contributed by atoms with E-state index in [-0.39, 0.29) is 11.0 Å². The minimum Gasteiger partial charge on any atom is -0.490 e. The Morgan fingerprint density at radius 1 is 1.06 bits per heavy atom. The molecule has 96 valence electrons. The third kappa shape index (κ3) is 2.47. The Balaban J connectivity index is 2.74. The van der Waals surface area contributed by atoms with E-state index in [1.54, 1.807) is 18.2 Å². The molecule has 0 fully saturated rings. The van der Waals surface area contributed by atoms with Gasteiger partial charge in [-0.1, -0.05) is 24.3 Å². The van der Waals surface area contributed by atoms with E-state index in [1.807, 2.05) is 26.0 Å². The average molecular weight is 265 g/mol. The molecule has 4 nitrogen and oxygen atoms in total. The van der Waals surface area contributed by atoms with Gasteiger partial charge >= 0.3 is 0 Å². The van der Waals surface area contributed by atoms with Crippen LogP contribution < -0.4 is 9.88 Å². The first-order valence-corrected chi connectivity index (χ1v) is 7.15. The highest BCUT2D eigenvalue weighted by Crippen LogP contribution is 2.30. The van der Waals surface area contributed by atoms with Crippen molar-refractivity contribution in [2.24, 2.45) is 5.14 Å². The van der Waals surface area contributed by atoms with Crippen LogP contribution in [0.1, 0.15) is 13.8 Å². The highest BCUT2D eigenvalue weighted by molar-refractivity contribution is 7.89. The van der Waals surface area contributed by atoms with Gasteiger partial charge in [0.1, 0.15) is 5.75 Å². The van der Waals surface area contributed by atoms with E-state index in [2.05, 4.69) is 0 Å². The number of benzene rings is 2. The molecule has 2 aromatic carbocycles. The highest BCUT2D eigenvalue weighted by atomic mass is 32.2. The van der Waals surface area contributed by atoms with Gasteiger partial charge in [-0.25, -0.2) is 13.6 Å². The second-order valence-electron chi connectivity index (χ2n) is 4.32. The van der Waals surface area contributed by atoms with Crippen molar-refractivity contribution in [2.75, 3.05) is 0 Å². The van der Waals surface area contributed by atoms with Crippen molar-refractivity contribution >= 4 is 20.8 Å². The first kappa shape index (κ1) is 12.9. The molecule has 2 aromatic rings. The summed E-state index contributed by atoms with van der Waals surface area (Å²) in [5.74, 6) is 0.660. The van der Waals surface area contributed by atoms with Gasteiger partial charge in [0, 0.05) is 10.8 Å². The topological polar surface area (TPSA) is 69.4 Å². The molecule has 0 aliphatic carbocycles. The summed E-state index contributed by atoms with van der Waals surface area (Å²) < 4.78 is 28.7. The van der Waals surface area contributed by atoms with Crippen molar-refractivity contribution < 1.29 is 13.2 Å². The molecule has 0 amide bonds. The Kier molecular flexibility index (Phi) is 3.28. The van der Waals surface area contributed by atoms with Crippen LogP contribution in [0.25, 0.3) is 10.8 Å². The third-order valence-corrected chi connectivity index (χ3v) is 3.48. The Morgan fingerprint density at radius 2 is 1.67 bits per heavy atom. The van der Waals surface area contributed by atoms with Gasteiger partial charge in [-0.3, -0.25) is 0 Å². The molecule has 0 aliphatic heterocycles. The fraction of sp³-hybridized carbons (Fsp3) is 0.231. The molecule has 0 saturated heterocycles. The molecule has 0 spiro atoms. The smallest absolute Gasteiger partial charge is 0.238 e. The Morgan fingerprint density at radius 3 is 2.22 bits per heavy atom. The largest absolute Gasteiger partial charge is 0.490 e. The summed E-state index contributed by atoms with van der Waals surface area (Å²) >= 11 is 0. The minimum absolute atomic E-state index is 0.0220. The van der Waals surface area contributed by atoms with Crippen LogP contribution in [-0.2, 0) is 10.0 Å². The average Bonchev–Trinajstić information content (AvgIpc) is 2.27. The van der Waals surface area contributed by atoms with Crippen LogP contribution in [0.5, 0.6) is 5.75 Å². The van der Waals surface area contributed by atoms with E-state index < -0.39 is 10.0 Å². The van der Waals surface area contributed by atoms with Crippen LogP contribution in [0.15, 0.2) is 41.3 Å². The molecule has 0 aliphatic rings. The second kappa shape index (κ2) is 4.59. The number of nitrogens with two attached hydrogens (primary N) is 1. The molecule has 0 atom stereocenters. The van der Waals surface area contributed by atoms with Crippen molar-refractivity contribution in [1.82, 2.24) is 0 Å². The third-order valence-electron chi connectivity index (χ3n) is 2.51. The maximum absolute atomic E-state index is 11.5. The van der Waals surface area contributed by atoms with E-state index in [0.717, 1.165) is 5.39 Å². The summed E-state index contributed by atoms with van der Waals surface area (Å²) in [5.41, 5.74) is 0. The molecule has 0 saturated carbocycles. The predicted octanol–water partition coefficient (Wildman–Crippen LogP) is 2.27. The van der Waals surface area contributed by atoms with Gasteiger partial charge in [0.2, 0.25) is 10.0 Å². The lowest BCUT2D eigenvalue weighted by Crippen LogP contribution is -2.13. The monoisotopic (exact) mass is 265 g/mol. The zero-order valence-electron chi connectivity index (χ0n) is 10.3. The molecule has 2 rings (SSSR count).